The number of fused-ring (bicyclic) bond motifs is 3. The number of rotatable bonds is 2. The quantitative estimate of drug-likeness (QED) is 0.476. The van der Waals surface area contributed by atoms with Crippen molar-refractivity contribution in [3.05, 3.63) is 85.5 Å². The Kier molecular flexibility index (Phi) is 3.07. The summed E-state index contributed by atoms with van der Waals surface area (Å²) >= 11 is 0. The van der Waals surface area contributed by atoms with E-state index in [0.717, 1.165) is 39.1 Å². The van der Waals surface area contributed by atoms with Crippen LogP contribution in [0, 0.1) is 0 Å². The summed E-state index contributed by atoms with van der Waals surface area (Å²) in [6.07, 6.45) is 7.45. The topological polar surface area (TPSA) is 43.1 Å². The van der Waals surface area contributed by atoms with E-state index in [4.69, 9.17) is 0 Å². The van der Waals surface area contributed by atoms with Gasteiger partial charge in [-0.3, -0.25) is 14.4 Å². The lowest BCUT2D eigenvalue weighted by atomic mass is 9.98. The third kappa shape index (κ3) is 2.11. The summed E-state index contributed by atoms with van der Waals surface area (Å²) in [7, 11) is 0. The Bertz CT molecular complexity index is 1180. The molecule has 1 aromatic carbocycles. The monoisotopic (exact) mass is 322 g/mol. The molecule has 4 aromatic heterocycles. The van der Waals surface area contributed by atoms with E-state index in [1.165, 1.54) is 0 Å². The third-order valence-electron chi connectivity index (χ3n) is 4.38. The Morgan fingerprint density at radius 1 is 0.600 bits per heavy atom. The molecule has 0 amide bonds. The molecule has 0 N–H and O–H groups in total. The van der Waals surface area contributed by atoms with Crippen LogP contribution >= 0.6 is 0 Å². The van der Waals surface area contributed by atoms with E-state index in [-0.39, 0.29) is 0 Å². The minimum atomic E-state index is 0.900. The Hall–Kier alpha value is -3.53. The third-order valence-corrected chi connectivity index (χ3v) is 4.38. The minimum absolute atomic E-state index is 0.900. The maximum atomic E-state index is 4.61. The van der Waals surface area contributed by atoms with Crippen LogP contribution in [0.5, 0.6) is 0 Å². The maximum absolute atomic E-state index is 4.61. The van der Waals surface area contributed by atoms with Crippen LogP contribution in [-0.4, -0.2) is 19.4 Å². The van der Waals surface area contributed by atoms with Crippen molar-refractivity contribution in [1.29, 1.82) is 0 Å². The average Bonchev–Trinajstić information content (AvgIpc) is 3.18. The van der Waals surface area contributed by atoms with Crippen LogP contribution in [0.25, 0.3) is 39.1 Å². The molecule has 118 valence electrons. The van der Waals surface area contributed by atoms with Gasteiger partial charge in [0.2, 0.25) is 0 Å². The lowest BCUT2D eigenvalue weighted by molar-refractivity contribution is 1.17. The Balaban J connectivity index is 2.04. The highest BCUT2D eigenvalue weighted by Crippen LogP contribution is 2.38. The van der Waals surface area contributed by atoms with Crippen molar-refractivity contribution in [2.45, 2.75) is 0 Å². The molecule has 0 aliphatic rings. The lowest BCUT2D eigenvalue weighted by Crippen LogP contribution is -2.00. The first kappa shape index (κ1) is 13.9. The van der Waals surface area contributed by atoms with Crippen LogP contribution in [0.4, 0.5) is 0 Å². The molecule has 4 nitrogen and oxygen atoms in total. The lowest BCUT2D eigenvalue weighted by Gasteiger charge is -2.15. The van der Waals surface area contributed by atoms with Crippen LogP contribution in [0.1, 0.15) is 0 Å². The second-order valence-electron chi connectivity index (χ2n) is 5.82. The second-order valence-corrected chi connectivity index (χ2v) is 5.82. The summed E-state index contributed by atoms with van der Waals surface area (Å²) in [6, 6.07) is 20.3. The number of hydrogen-bond acceptors (Lipinski definition) is 3. The van der Waals surface area contributed by atoms with Gasteiger partial charge in [0.05, 0.1) is 17.1 Å². The van der Waals surface area contributed by atoms with Gasteiger partial charge in [0.25, 0.3) is 0 Å². The Morgan fingerprint density at radius 2 is 1.28 bits per heavy atom. The zero-order valence-corrected chi connectivity index (χ0v) is 13.4. The van der Waals surface area contributed by atoms with Crippen LogP contribution < -0.4 is 0 Å². The van der Waals surface area contributed by atoms with Crippen LogP contribution in [-0.2, 0) is 0 Å². The first-order valence-electron chi connectivity index (χ1n) is 8.14. The molecule has 5 aromatic rings. The van der Waals surface area contributed by atoms with E-state index in [0.29, 0.717) is 0 Å². The standard InChI is InChI=1S/C21H14N4/c1-2-8-16-15(7-1)19(17-9-3-5-11-22-17)20(18-10-4-6-12-23-18)25-14-13-24-21(16)25/h1-14H. The number of imidazole rings is 1. The first-order valence-corrected chi connectivity index (χ1v) is 8.14. The van der Waals surface area contributed by atoms with Crippen molar-refractivity contribution >= 4 is 16.4 Å². The molecule has 0 fully saturated rings. The van der Waals surface area contributed by atoms with Gasteiger partial charge < -0.3 is 0 Å². The van der Waals surface area contributed by atoms with Gasteiger partial charge in [-0.15, -0.1) is 0 Å². The van der Waals surface area contributed by atoms with E-state index < -0.39 is 0 Å². The largest absolute Gasteiger partial charge is 0.297 e. The molecule has 0 saturated heterocycles. The number of nitrogens with zero attached hydrogens (tertiary/aromatic N) is 4. The van der Waals surface area contributed by atoms with Crippen LogP contribution in [0.3, 0.4) is 0 Å². The van der Waals surface area contributed by atoms with Gasteiger partial charge in [-0.2, -0.15) is 0 Å². The van der Waals surface area contributed by atoms with Gasteiger partial charge in [-0.25, -0.2) is 4.98 Å². The molecule has 0 saturated carbocycles. The van der Waals surface area contributed by atoms with Crippen LogP contribution in [0.2, 0.25) is 0 Å². The van der Waals surface area contributed by atoms with Gasteiger partial charge in [-0.05, 0) is 29.7 Å². The summed E-state index contributed by atoms with van der Waals surface area (Å²) < 4.78 is 2.11. The van der Waals surface area contributed by atoms with E-state index in [1.54, 1.807) is 0 Å². The highest BCUT2D eigenvalue weighted by Gasteiger charge is 2.19. The van der Waals surface area contributed by atoms with Gasteiger partial charge in [-0.1, -0.05) is 36.4 Å². The van der Waals surface area contributed by atoms with Crippen LogP contribution in [0.15, 0.2) is 85.5 Å². The summed E-state index contributed by atoms with van der Waals surface area (Å²) in [6.45, 7) is 0. The molecule has 0 aliphatic heterocycles. The molecule has 0 unspecified atom stereocenters. The predicted molar refractivity (Wildman–Crippen MR) is 99.2 cm³/mol. The summed E-state index contributed by atoms with van der Waals surface area (Å²) in [5.41, 5.74) is 4.83. The van der Waals surface area contributed by atoms with Gasteiger partial charge in [0.15, 0.2) is 0 Å². The first-order chi connectivity index (χ1) is 12.4. The second kappa shape index (κ2) is 5.53. The van der Waals surface area contributed by atoms with Crippen molar-refractivity contribution in [2.75, 3.05) is 0 Å². The van der Waals surface area contributed by atoms with Crippen molar-refractivity contribution in [1.82, 2.24) is 19.4 Å². The molecule has 0 aliphatic carbocycles. The summed E-state index contributed by atoms with van der Waals surface area (Å²) in [4.78, 5) is 13.8. The SMILES string of the molecule is c1ccc(-c2c(-c3ccccn3)n3ccnc3c3ccccc23)nc1. The molecular weight excluding hydrogens is 308 g/mol. The summed E-state index contributed by atoms with van der Waals surface area (Å²) in [5.74, 6) is 0. The van der Waals surface area contributed by atoms with Crippen molar-refractivity contribution in [3.63, 3.8) is 0 Å². The molecule has 5 rings (SSSR count). The Morgan fingerprint density at radius 3 is 2.00 bits per heavy atom. The number of aromatic nitrogens is 4. The van der Waals surface area contributed by atoms with E-state index in [2.05, 4.69) is 37.6 Å². The fourth-order valence-corrected chi connectivity index (χ4v) is 3.35. The maximum Gasteiger partial charge on any atom is 0.145 e. The summed E-state index contributed by atoms with van der Waals surface area (Å²) in [5, 5.41) is 2.23. The smallest absolute Gasteiger partial charge is 0.145 e. The Labute approximate surface area is 144 Å². The molecule has 0 bridgehead atoms. The highest BCUT2D eigenvalue weighted by atomic mass is 15.0. The molecule has 4 heterocycles. The van der Waals surface area contributed by atoms with Crippen molar-refractivity contribution in [3.8, 4) is 22.6 Å². The van der Waals surface area contributed by atoms with Crippen molar-refractivity contribution < 1.29 is 0 Å². The highest BCUT2D eigenvalue weighted by molar-refractivity contribution is 6.07. The molecule has 0 spiro atoms. The fraction of sp³-hybridized carbons (Fsp3) is 0. The van der Waals surface area contributed by atoms with Gasteiger partial charge >= 0.3 is 0 Å². The molecule has 25 heavy (non-hydrogen) atoms. The zero-order valence-electron chi connectivity index (χ0n) is 13.4. The molecule has 4 heteroatoms. The number of hydrogen-bond donors (Lipinski definition) is 0. The minimum Gasteiger partial charge on any atom is -0.297 e. The normalized spacial score (nSPS) is 11.2. The predicted octanol–water partition coefficient (Wildman–Crippen LogP) is 4.61. The van der Waals surface area contributed by atoms with Gasteiger partial charge in [0, 0.05) is 35.7 Å². The molecular formula is C21H14N4. The van der Waals surface area contributed by atoms with E-state index in [1.807, 2.05) is 67.3 Å². The fourth-order valence-electron chi connectivity index (χ4n) is 3.35. The zero-order chi connectivity index (χ0) is 16.6. The molecule has 0 radical (unpaired) electrons. The molecule has 0 atom stereocenters. The number of pyridine rings is 3. The number of benzene rings is 1. The van der Waals surface area contributed by atoms with E-state index in [9.17, 15) is 0 Å². The average molecular weight is 322 g/mol. The van der Waals surface area contributed by atoms with Gasteiger partial charge in [0.1, 0.15) is 5.65 Å². The van der Waals surface area contributed by atoms with Crippen molar-refractivity contribution in [2.24, 2.45) is 0 Å². The van der Waals surface area contributed by atoms with E-state index >= 15 is 0 Å².